The van der Waals surface area contributed by atoms with Crippen LogP contribution in [-0.2, 0) is 21.5 Å². The van der Waals surface area contributed by atoms with Crippen molar-refractivity contribution in [1.29, 1.82) is 0 Å². The summed E-state index contributed by atoms with van der Waals surface area (Å²) in [6.45, 7) is 0.418. The van der Waals surface area contributed by atoms with Crippen molar-refractivity contribution in [2.75, 3.05) is 13.7 Å². The molecule has 0 radical (unpaired) electrons. The summed E-state index contributed by atoms with van der Waals surface area (Å²) in [4.78, 5) is 4.17. The van der Waals surface area contributed by atoms with Crippen molar-refractivity contribution < 1.29 is 13.2 Å². The Hall–Kier alpha value is -1.80. The predicted molar refractivity (Wildman–Crippen MR) is 84.2 cm³/mol. The molecule has 0 saturated heterocycles. The maximum atomic E-state index is 12.2. The molecular weight excluding hydrogens is 302 g/mol. The molecule has 0 amide bonds. The molecule has 2 rings (SSSR count). The smallest absolute Gasteiger partial charge is 0.277 e. The average molecular weight is 321 g/mol. The van der Waals surface area contributed by atoms with Crippen LogP contribution in [0, 0.1) is 0 Å². The second kappa shape index (κ2) is 8.00. The SMILES string of the molecule is COCC(NS(=O)(=O)NCc1ccccc1)c1ccccn1. The lowest BCUT2D eigenvalue weighted by atomic mass is 10.2. The lowest BCUT2D eigenvalue weighted by Crippen LogP contribution is -2.40. The first kappa shape index (κ1) is 16.6. The van der Waals surface area contributed by atoms with E-state index in [4.69, 9.17) is 4.74 Å². The van der Waals surface area contributed by atoms with Crippen LogP contribution in [0.1, 0.15) is 17.3 Å². The van der Waals surface area contributed by atoms with Gasteiger partial charge in [-0.1, -0.05) is 36.4 Å². The molecule has 6 nitrogen and oxygen atoms in total. The summed E-state index contributed by atoms with van der Waals surface area (Å²) in [5, 5.41) is 0. The van der Waals surface area contributed by atoms with Gasteiger partial charge in [-0.3, -0.25) is 4.98 Å². The van der Waals surface area contributed by atoms with Crippen LogP contribution >= 0.6 is 0 Å². The van der Waals surface area contributed by atoms with Gasteiger partial charge in [0.05, 0.1) is 18.3 Å². The number of aromatic nitrogens is 1. The zero-order chi connectivity index (χ0) is 15.8. The highest BCUT2D eigenvalue weighted by Crippen LogP contribution is 2.11. The average Bonchev–Trinajstić information content (AvgIpc) is 2.54. The van der Waals surface area contributed by atoms with Crippen LogP contribution in [-0.4, -0.2) is 27.1 Å². The number of nitrogens with one attached hydrogen (secondary N) is 2. The van der Waals surface area contributed by atoms with Gasteiger partial charge < -0.3 is 4.74 Å². The lowest BCUT2D eigenvalue weighted by molar-refractivity contribution is 0.174. The molecule has 0 aliphatic heterocycles. The molecule has 0 fully saturated rings. The lowest BCUT2D eigenvalue weighted by Gasteiger charge is -2.17. The summed E-state index contributed by atoms with van der Waals surface area (Å²) in [5.41, 5.74) is 1.49. The van der Waals surface area contributed by atoms with Crippen LogP contribution in [0.4, 0.5) is 0 Å². The van der Waals surface area contributed by atoms with Crippen LogP contribution in [0.3, 0.4) is 0 Å². The molecular formula is C15H19N3O3S. The maximum Gasteiger partial charge on any atom is 0.277 e. The molecule has 2 aromatic rings. The number of methoxy groups -OCH3 is 1. The summed E-state index contributed by atoms with van der Waals surface area (Å²) in [6.07, 6.45) is 1.61. The van der Waals surface area contributed by atoms with Crippen molar-refractivity contribution in [2.45, 2.75) is 12.6 Å². The molecule has 1 atom stereocenters. The molecule has 1 aromatic heterocycles. The maximum absolute atomic E-state index is 12.2. The molecule has 0 aliphatic rings. The third-order valence-corrected chi connectivity index (χ3v) is 4.10. The Balaban J connectivity index is 2.02. The van der Waals surface area contributed by atoms with E-state index in [1.807, 2.05) is 30.3 Å². The standard InChI is InChI=1S/C15H19N3O3S/c1-21-12-15(14-9-5-6-10-16-14)18-22(19,20)17-11-13-7-3-2-4-8-13/h2-10,15,17-18H,11-12H2,1H3. The molecule has 0 aliphatic carbocycles. The molecule has 22 heavy (non-hydrogen) atoms. The second-order valence-electron chi connectivity index (χ2n) is 4.69. The molecule has 1 heterocycles. The Morgan fingerprint density at radius 1 is 1.14 bits per heavy atom. The van der Waals surface area contributed by atoms with Gasteiger partial charge in [-0.15, -0.1) is 0 Å². The van der Waals surface area contributed by atoms with Crippen LogP contribution in [0.2, 0.25) is 0 Å². The van der Waals surface area contributed by atoms with Crippen molar-refractivity contribution in [3.05, 3.63) is 66.0 Å². The minimum atomic E-state index is -3.67. The van der Waals surface area contributed by atoms with Gasteiger partial charge in [-0.05, 0) is 17.7 Å². The van der Waals surface area contributed by atoms with Gasteiger partial charge in [0.2, 0.25) is 0 Å². The molecule has 2 N–H and O–H groups in total. The van der Waals surface area contributed by atoms with Crippen molar-refractivity contribution >= 4 is 10.2 Å². The highest BCUT2D eigenvalue weighted by Gasteiger charge is 2.20. The van der Waals surface area contributed by atoms with Crippen LogP contribution in [0.5, 0.6) is 0 Å². The normalized spacial score (nSPS) is 13.0. The Bertz CT molecular complexity index is 663. The van der Waals surface area contributed by atoms with E-state index in [1.165, 1.54) is 7.11 Å². The molecule has 7 heteroatoms. The number of hydrogen-bond donors (Lipinski definition) is 2. The van der Waals surface area contributed by atoms with Gasteiger partial charge >= 0.3 is 0 Å². The number of ether oxygens (including phenoxy) is 1. The van der Waals surface area contributed by atoms with Crippen LogP contribution in [0.25, 0.3) is 0 Å². The molecule has 0 saturated carbocycles. The minimum Gasteiger partial charge on any atom is -0.383 e. The van der Waals surface area contributed by atoms with Crippen molar-refractivity contribution in [2.24, 2.45) is 0 Å². The summed E-state index contributed by atoms with van der Waals surface area (Å²) in [5.74, 6) is 0. The fourth-order valence-electron chi connectivity index (χ4n) is 1.93. The Kier molecular flexibility index (Phi) is 6.02. The summed E-state index contributed by atoms with van der Waals surface area (Å²) >= 11 is 0. The Labute approximate surface area is 130 Å². The highest BCUT2D eigenvalue weighted by atomic mass is 32.2. The second-order valence-corrected chi connectivity index (χ2v) is 6.22. The molecule has 1 unspecified atom stereocenters. The van der Waals surface area contributed by atoms with Gasteiger partial charge in [0.25, 0.3) is 10.2 Å². The third kappa shape index (κ3) is 5.19. The Morgan fingerprint density at radius 2 is 1.86 bits per heavy atom. The number of hydrogen-bond acceptors (Lipinski definition) is 4. The molecule has 0 spiro atoms. The van der Waals surface area contributed by atoms with E-state index in [9.17, 15) is 8.42 Å². The highest BCUT2D eigenvalue weighted by molar-refractivity contribution is 7.87. The molecule has 0 bridgehead atoms. The summed E-state index contributed by atoms with van der Waals surface area (Å²) < 4.78 is 34.5. The minimum absolute atomic E-state index is 0.198. The van der Waals surface area contributed by atoms with Crippen molar-refractivity contribution in [3.63, 3.8) is 0 Å². The number of rotatable bonds is 8. The topological polar surface area (TPSA) is 80.3 Å². The first-order valence-corrected chi connectivity index (χ1v) is 8.30. The predicted octanol–water partition coefficient (Wildman–Crippen LogP) is 1.39. The fraction of sp³-hybridized carbons (Fsp3) is 0.267. The first-order valence-electron chi connectivity index (χ1n) is 6.81. The van der Waals surface area contributed by atoms with Crippen LogP contribution < -0.4 is 9.44 Å². The zero-order valence-electron chi connectivity index (χ0n) is 12.3. The van der Waals surface area contributed by atoms with Crippen LogP contribution in [0.15, 0.2) is 54.7 Å². The van der Waals surface area contributed by atoms with E-state index in [0.717, 1.165) is 5.56 Å². The van der Waals surface area contributed by atoms with E-state index in [-0.39, 0.29) is 13.2 Å². The van der Waals surface area contributed by atoms with E-state index in [2.05, 4.69) is 14.4 Å². The summed E-state index contributed by atoms with van der Waals surface area (Å²) in [6, 6.07) is 14.1. The fourth-order valence-corrected chi connectivity index (χ4v) is 2.94. The van der Waals surface area contributed by atoms with Gasteiger partial charge in [0.15, 0.2) is 0 Å². The van der Waals surface area contributed by atoms with Crippen molar-refractivity contribution in [3.8, 4) is 0 Å². The van der Waals surface area contributed by atoms with Gasteiger partial charge in [0, 0.05) is 19.9 Å². The van der Waals surface area contributed by atoms with E-state index < -0.39 is 16.3 Å². The Morgan fingerprint density at radius 3 is 2.50 bits per heavy atom. The molecule has 1 aromatic carbocycles. The summed E-state index contributed by atoms with van der Waals surface area (Å²) in [7, 11) is -2.15. The van der Waals surface area contributed by atoms with E-state index in [1.54, 1.807) is 24.4 Å². The quantitative estimate of drug-likeness (QED) is 0.770. The molecule has 118 valence electrons. The third-order valence-electron chi connectivity index (χ3n) is 2.98. The number of pyridine rings is 1. The number of nitrogens with zero attached hydrogens (tertiary/aromatic N) is 1. The zero-order valence-corrected chi connectivity index (χ0v) is 13.1. The van der Waals surface area contributed by atoms with Gasteiger partial charge in [-0.2, -0.15) is 17.9 Å². The first-order chi connectivity index (χ1) is 10.6. The monoisotopic (exact) mass is 321 g/mol. The van der Waals surface area contributed by atoms with Crippen molar-refractivity contribution in [1.82, 2.24) is 14.4 Å². The van der Waals surface area contributed by atoms with Gasteiger partial charge in [-0.25, -0.2) is 0 Å². The largest absolute Gasteiger partial charge is 0.383 e. The number of benzene rings is 1. The van der Waals surface area contributed by atoms with E-state index in [0.29, 0.717) is 5.69 Å². The van der Waals surface area contributed by atoms with E-state index >= 15 is 0 Å². The van der Waals surface area contributed by atoms with Gasteiger partial charge in [0.1, 0.15) is 0 Å².